The maximum Gasteiger partial charge on any atom is 0.303 e. The van der Waals surface area contributed by atoms with E-state index in [1.54, 1.807) is 11.9 Å². The van der Waals surface area contributed by atoms with Crippen molar-refractivity contribution in [2.75, 3.05) is 13.6 Å². The third-order valence-corrected chi connectivity index (χ3v) is 2.36. The van der Waals surface area contributed by atoms with Gasteiger partial charge in [0.05, 0.1) is 0 Å². The van der Waals surface area contributed by atoms with Gasteiger partial charge in [0.15, 0.2) is 0 Å². The van der Waals surface area contributed by atoms with Gasteiger partial charge in [0, 0.05) is 26.4 Å². The molecular formula is C12H21NO3. The van der Waals surface area contributed by atoms with E-state index in [-0.39, 0.29) is 12.3 Å². The Morgan fingerprint density at radius 3 is 2.44 bits per heavy atom. The molecule has 0 aromatic heterocycles. The minimum absolute atomic E-state index is 0.0921. The first-order valence-corrected chi connectivity index (χ1v) is 5.64. The van der Waals surface area contributed by atoms with Crippen molar-refractivity contribution in [1.82, 2.24) is 4.90 Å². The van der Waals surface area contributed by atoms with Gasteiger partial charge in [-0.2, -0.15) is 0 Å². The number of unbranched alkanes of at least 4 members (excludes halogenated alkanes) is 2. The van der Waals surface area contributed by atoms with Crippen LogP contribution in [0.5, 0.6) is 0 Å². The van der Waals surface area contributed by atoms with Crippen molar-refractivity contribution in [3.05, 3.63) is 12.7 Å². The number of nitrogens with zero attached hydrogens (tertiary/aromatic N) is 1. The fourth-order valence-electron chi connectivity index (χ4n) is 1.34. The van der Waals surface area contributed by atoms with Crippen LogP contribution < -0.4 is 0 Å². The average molecular weight is 227 g/mol. The predicted molar refractivity (Wildman–Crippen MR) is 63.2 cm³/mol. The Balaban J connectivity index is 3.54. The first-order valence-electron chi connectivity index (χ1n) is 5.64. The molecule has 0 saturated carbocycles. The van der Waals surface area contributed by atoms with Crippen molar-refractivity contribution in [3.63, 3.8) is 0 Å². The number of hydrogen-bond acceptors (Lipinski definition) is 2. The van der Waals surface area contributed by atoms with Gasteiger partial charge in [0.1, 0.15) is 0 Å². The molecule has 0 atom stereocenters. The van der Waals surface area contributed by atoms with Crippen LogP contribution in [0, 0.1) is 0 Å². The lowest BCUT2D eigenvalue weighted by Crippen LogP contribution is -2.27. The summed E-state index contributed by atoms with van der Waals surface area (Å²) in [5.41, 5.74) is 0. The highest BCUT2D eigenvalue weighted by Gasteiger charge is 2.07. The largest absolute Gasteiger partial charge is 0.481 e. The highest BCUT2D eigenvalue weighted by Crippen LogP contribution is 2.03. The second-order valence-corrected chi connectivity index (χ2v) is 3.85. The number of aliphatic carboxylic acids is 1. The summed E-state index contributed by atoms with van der Waals surface area (Å²) < 4.78 is 0. The maximum atomic E-state index is 11.5. The number of amides is 1. The van der Waals surface area contributed by atoms with Crippen LogP contribution in [0.3, 0.4) is 0 Å². The van der Waals surface area contributed by atoms with Gasteiger partial charge in [0.25, 0.3) is 0 Å². The first-order chi connectivity index (χ1) is 7.57. The maximum absolute atomic E-state index is 11.5. The quantitative estimate of drug-likeness (QED) is 0.484. The number of hydrogen-bond donors (Lipinski definition) is 1. The SMILES string of the molecule is C=CCCCN(C)C(=O)CCCCC(=O)O. The van der Waals surface area contributed by atoms with E-state index in [0.717, 1.165) is 19.4 Å². The van der Waals surface area contributed by atoms with Gasteiger partial charge in [-0.25, -0.2) is 0 Å². The molecule has 0 aliphatic carbocycles. The molecule has 0 saturated heterocycles. The summed E-state index contributed by atoms with van der Waals surface area (Å²) in [5.74, 6) is -0.707. The lowest BCUT2D eigenvalue weighted by molar-refractivity contribution is -0.137. The molecule has 0 rings (SSSR count). The lowest BCUT2D eigenvalue weighted by atomic mass is 10.2. The summed E-state index contributed by atoms with van der Waals surface area (Å²) >= 11 is 0. The number of carbonyl (C=O) groups is 2. The van der Waals surface area contributed by atoms with E-state index < -0.39 is 5.97 Å². The van der Waals surface area contributed by atoms with Crippen LogP contribution in [0.4, 0.5) is 0 Å². The second kappa shape index (κ2) is 8.95. The van der Waals surface area contributed by atoms with Crippen LogP contribution in [0.25, 0.3) is 0 Å². The highest BCUT2D eigenvalue weighted by molar-refractivity contribution is 5.75. The third-order valence-electron chi connectivity index (χ3n) is 2.36. The molecule has 0 bridgehead atoms. The molecule has 1 amide bonds. The van der Waals surface area contributed by atoms with Crippen molar-refractivity contribution in [2.24, 2.45) is 0 Å². The molecule has 0 unspecified atom stereocenters. The summed E-state index contributed by atoms with van der Waals surface area (Å²) in [5, 5.41) is 8.43. The minimum Gasteiger partial charge on any atom is -0.481 e. The van der Waals surface area contributed by atoms with E-state index in [0.29, 0.717) is 19.3 Å². The summed E-state index contributed by atoms with van der Waals surface area (Å²) in [6.07, 6.45) is 5.49. The summed E-state index contributed by atoms with van der Waals surface area (Å²) in [7, 11) is 1.78. The molecule has 0 aromatic rings. The van der Waals surface area contributed by atoms with Crippen LogP contribution >= 0.6 is 0 Å². The van der Waals surface area contributed by atoms with Gasteiger partial charge in [-0.1, -0.05) is 6.08 Å². The van der Waals surface area contributed by atoms with Gasteiger partial charge in [-0.3, -0.25) is 9.59 Å². The molecule has 0 aliphatic heterocycles. The van der Waals surface area contributed by atoms with Crippen LogP contribution in [0.15, 0.2) is 12.7 Å². The highest BCUT2D eigenvalue weighted by atomic mass is 16.4. The van der Waals surface area contributed by atoms with Gasteiger partial charge in [-0.15, -0.1) is 6.58 Å². The second-order valence-electron chi connectivity index (χ2n) is 3.85. The Labute approximate surface area is 96.9 Å². The van der Waals surface area contributed by atoms with Crippen LogP contribution in [-0.2, 0) is 9.59 Å². The lowest BCUT2D eigenvalue weighted by Gasteiger charge is -2.16. The number of rotatable bonds is 9. The summed E-state index contributed by atoms with van der Waals surface area (Å²) in [6, 6.07) is 0. The van der Waals surface area contributed by atoms with E-state index in [4.69, 9.17) is 5.11 Å². The van der Waals surface area contributed by atoms with Crippen LogP contribution in [0.1, 0.15) is 38.5 Å². The Bertz CT molecular complexity index is 238. The number of allylic oxidation sites excluding steroid dienone is 1. The van der Waals surface area contributed by atoms with Crippen LogP contribution in [-0.4, -0.2) is 35.5 Å². The molecule has 92 valence electrons. The van der Waals surface area contributed by atoms with Gasteiger partial charge < -0.3 is 10.0 Å². The standard InChI is InChI=1S/C12H21NO3/c1-3-4-7-10-13(2)11(14)8-5-6-9-12(15)16/h3H,1,4-10H2,2H3,(H,15,16). The molecule has 0 fully saturated rings. The van der Waals surface area contributed by atoms with E-state index >= 15 is 0 Å². The molecule has 1 N–H and O–H groups in total. The first kappa shape index (κ1) is 14.7. The molecule has 4 nitrogen and oxygen atoms in total. The van der Waals surface area contributed by atoms with Crippen molar-refractivity contribution in [2.45, 2.75) is 38.5 Å². The van der Waals surface area contributed by atoms with Crippen molar-refractivity contribution < 1.29 is 14.7 Å². The van der Waals surface area contributed by atoms with Crippen molar-refractivity contribution >= 4 is 11.9 Å². The summed E-state index contributed by atoms with van der Waals surface area (Å²) in [4.78, 5) is 23.5. The Morgan fingerprint density at radius 1 is 1.25 bits per heavy atom. The molecule has 0 radical (unpaired) electrons. The monoisotopic (exact) mass is 227 g/mol. The molecule has 0 spiro atoms. The van der Waals surface area contributed by atoms with E-state index in [1.807, 2.05) is 6.08 Å². The number of carbonyl (C=O) groups excluding carboxylic acids is 1. The van der Waals surface area contributed by atoms with Crippen molar-refractivity contribution in [1.29, 1.82) is 0 Å². The molecule has 16 heavy (non-hydrogen) atoms. The minimum atomic E-state index is -0.799. The zero-order chi connectivity index (χ0) is 12.4. The molecule has 0 heterocycles. The van der Waals surface area contributed by atoms with E-state index in [9.17, 15) is 9.59 Å². The molecule has 0 aromatic carbocycles. The smallest absolute Gasteiger partial charge is 0.303 e. The number of carboxylic acids is 1. The fraction of sp³-hybridized carbons (Fsp3) is 0.667. The Kier molecular flexibility index (Phi) is 8.21. The van der Waals surface area contributed by atoms with Crippen molar-refractivity contribution in [3.8, 4) is 0 Å². The zero-order valence-corrected chi connectivity index (χ0v) is 9.95. The predicted octanol–water partition coefficient (Wildman–Crippen LogP) is 2.06. The molecule has 0 aliphatic rings. The number of carboxylic acid groups (broad SMARTS) is 1. The van der Waals surface area contributed by atoms with Crippen LogP contribution in [0.2, 0.25) is 0 Å². The average Bonchev–Trinajstić information content (AvgIpc) is 2.24. The summed E-state index contributed by atoms with van der Waals surface area (Å²) in [6.45, 7) is 4.36. The fourth-order valence-corrected chi connectivity index (χ4v) is 1.34. The van der Waals surface area contributed by atoms with Gasteiger partial charge >= 0.3 is 5.97 Å². The van der Waals surface area contributed by atoms with Gasteiger partial charge in [0.2, 0.25) is 5.91 Å². The Morgan fingerprint density at radius 2 is 1.88 bits per heavy atom. The van der Waals surface area contributed by atoms with E-state index in [1.165, 1.54) is 0 Å². The Hall–Kier alpha value is -1.32. The third kappa shape index (κ3) is 8.03. The van der Waals surface area contributed by atoms with Gasteiger partial charge in [-0.05, 0) is 25.7 Å². The van der Waals surface area contributed by atoms with E-state index in [2.05, 4.69) is 6.58 Å². The topological polar surface area (TPSA) is 57.6 Å². The molecule has 4 heteroatoms. The normalized spacial score (nSPS) is 9.81. The molecular weight excluding hydrogens is 206 g/mol. The zero-order valence-electron chi connectivity index (χ0n) is 9.95.